The summed E-state index contributed by atoms with van der Waals surface area (Å²) in [5.74, 6) is 1.16. The van der Waals surface area contributed by atoms with Crippen LogP contribution in [0.25, 0.3) is 10.8 Å². The summed E-state index contributed by atoms with van der Waals surface area (Å²) in [6, 6.07) is 11.3. The maximum atomic E-state index is 2.35. The summed E-state index contributed by atoms with van der Waals surface area (Å²) < 4.78 is 0. The molecule has 0 spiro atoms. The fourth-order valence-electron chi connectivity index (χ4n) is 2.58. The molecule has 0 aliphatic heterocycles. The molecule has 2 rings (SSSR count). The van der Waals surface area contributed by atoms with Crippen molar-refractivity contribution in [2.45, 2.75) is 46.5 Å². The molecular weight excluding hydrogens is 204 g/mol. The molecule has 2 aromatic rings. The number of rotatable bonds is 2. The second kappa shape index (κ2) is 4.52. The molecule has 0 aliphatic carbocycles. The molecule has 0 heterocycles. The minimum absolute atomic E-state index is 0.581. The largest absolute Gasteiger partial charge is 0.0613 e. The van der Waals surface area contributed by atoms with Gasteiger partial charge < -0.3 is 0 Å². The van der Waals surface area contributed by atoms with Crippen LogP contribution in [-0.2, 0) is 0 Å². The van der Waals surface area contributed by atoms with E-state index in [0.717, 1.165) is 0 Å². The minimum Gasteiger partial charge on any atom is -0.0613 e. The summed E-state index contributed by atoms with van der Waals surface area (Å²) in [6.45, 7) is 11.3. The second-order valence-electron chi connectivity index (χ2n) is 5.61. The van der Waals surface area contributed by atoms with E-state index in [1.54, 1.807) is 0 Å². The quantitative estimate of drug-likeness (QED) is 0.643. The molecule has 90 valence electrons. The van der Waals surface area contributed by atoms with E-state index in [4.69, 9.17) is 0 Å². The van der Waals surface area contributed by atoms with Crippen molar-refractivity contribution in [1.29, 1.82) is 0 Å². The second-order valence-corrected chi connectivity index (χ2v) is 5.61. The van der Waals surface area contributed by atoms with Gasteiger partial charge in [0.05, 0.1) is 0 Å². The molecule has 0 bridgehead atoms. The zero-order chi connectivity index (χ0) is 12.6. The van der Waals surface area contributed by atoms with Crippen LogP contribution in [0.5, 0.6) is 0 Å². The molecular formula is C17H22. The first-order chi connectivity index (χ1) is 8.00. The van der Waals surface area contributed by atoms with Crippen LogP contribution in [0.3, 0.4) is 0 Å². The van der Waals surface area contributed by atoms with E-state index in [2.05, 4.69) is 65.0 Å². The van der Waals surface area contributed by atoms with Crippen LogP contribution in [0.15, 0.2) is 30.3 Å². The Balaban J connectivity index is 2.86. The number of fused-ring (bicyclic) bond motifs is 1. The van der Waals surface area contributed by atoms with Gasteiger partial charge in [0.2, 0.25) is 0 Å². The summed E-state index contributed by atoms with van der Waals surface area (Å²) in [4.78, 5) is 0. The maximum absolute atomic E-state index is 2.35. The standard InChI is InChI=1S/C17H22/c1-11(2)15-8-6-7-14-9-13(5)10-16(12(3)4)17(14)15/h6-12H,1-5H3. The van der Waals surface area contributed by atoms with Gasteiger partial charge in [0.1, 0.15) is 0 Å². The van der Waals surface area contributed by atoms with Crippen LogP contribution < -0.4 is 0 Å². The van der Waals surface area contributed by atoms with E-state index >= 15 is 0 Å². The molecule has 0 saturated carbocycles. The first-order valence-corrected chi connectivity index (χ1v) is 6.54. The van der Waals surface area contributed by atoms with Crippen molar-refractivity contribution in [2.24, 2.45) is 0 Å². The third-order valence-corrected chi connectivity index (χ3v) is 3.43. The Morgan fingerprint density at radius 2 is 1.47 bits per heavy atom. The van der Waals surface area contributed by atoms with Crippen molar-refractivity contribution < 1.29 is 0 Å². The topological polar surface area (TPSA) is 0 Å². The van der Waals surface area contributed by atoms with E-state index in [0.29, 0.717) is 11.8 Å². The Hall–Kier alpha value is -1.30. The van der Waals surface area contributed by atoms with Gasteiger partial charge in [-0.3, -0.25) is 0 Å². The van der Waals surface area contributed by atoms with Crippen LogP contribution in [0.1, 0.15) is 56.2 Å². The van der Waals surface area contributed by atoms with Gasteiger partial charge in [-0.15, -0.1) is 0 Å². The summed E-state index contributed by atoms with van der Waals surface area (Å²) >= 11 is 0. The van der Waals surface area contributed by atoms with Crippen LogP contribution in [0.2, 0.25) is 0 Å². The summed E-state index contributed by atoms with van der Waals surface area (Å²) in [7, 11) is 0. The van der Waals surface area contributed by atoms with Crippen molar-refractivity contribution in [3.05, 3.63) is 47.0 Å². The molecule has 0 unspecified atom stereocenters. The predicted molar refractivity (Wildman–Crippen MR) is 76.9 cm³/mol. The van der Waals surface area contributed by atoms with E-state index in [9.17, 15) is 0 Å². The summed E-state index contributed by atoms with van der Waals surface area (Å²) in [6.07, 6.45) is 0. The molecule has 0 atom stereocenters. The molecule has 17 heavy (non-hydrogen) atoms. The molecule has 0 saturated heterocycles. The van der Waals surface area contributed by atoms with Gasteiger partial charge in [-0.25, -0.2) is 0 Å². The molecule has 2 aromatic carbocycles. The molecule has 0 radical (unpaired) electrons. The molecule has 0 nitrogen and oxygen atoms in total. The average Bonchev–Trinajstić information content (AvgIpc) is 2.26. The SMILES string of the molecule is Cc1cc(C(C)C)c2c(C(C)C)cccc2c1. The maximum Gasteiger partial charge on any atom is -0.0114 e. The number of benzene rings is 2. The van der Waals surface area contributed by atoms with Gasteiger partial charge in [-0.1, -0.05) is 63.6 Å². The lowest BCUT2D eigenvalue weighted by Crippen LogP contribution is -1.97. The molecule has 0 aromatic heterocycles. The van der Waals surface area contributed by atoms with Crippen molar-refractivity contribution >= 4 is 10.8 Å². The average molecular weight is 226 g/mol. The Morgan fingerprint density at radius 1 is 0.824 bits per heavy atom. The Kier molecular flexibility index (Phi) is 3.24. The number of hydrogen-bond donors (Lipinski definition) is 0. The monoisotopic (exact) mass is 226 g/mol. The fourth-order valence-corrected chi connectivity index (χ4v) is 2.58. The van der Waals surface area contributed by atoms with E-state index in [1.807, 2.05) is 0 Å². The highest BCUT2D eigenvalue weighted by Gasteiger charge is 2.12. The van der Waals surface area contributed by atoms with E-state index < -0.39 is 0 Å². The van der Waals surface area contributed by atoms with Crippen molar-refractivity contribution in [1.82, 2.24) is 0 Å². The zero-order valence-corrected chi connectivity index (χ0v) is 11.5. The number of aryl methyl sites for hydroxylation is 1. The zero-order valence-electron chi connectivity index (χ0n) is 11.5. The Labute approximate surface area is 105 Å². The Morgan fingerprint density at radius 3 is 2.06 bits per heavy atom. The predicted octanol–water partition coefficient (Wildman–Crippen LogP) is 5.40. The van der Waals surface area contributed by atoms with Gasteiger partial charge in [-0.2, -0.15) is 0 Å². The van der Waals surface area contributed by atoms with Crippen molar-refractivity contribution in [3.8, 4) is 0 Å². The normalized spacial score (nSPS) is 11.7. The first-order valence-electron chi connectivity index (χ1n) is 6.54. The smallest absolute Gasteiger partial charge is 0.0114 e. The van der Waals surface area contributed by atoms with E-state index in [1.165, 1.54) is 27.5 Å². The minimum atomic E-state index is 0.581. The third-order valence-electron chi connectivity index (χ3n) is 3.43. The third kappa shape index (κ3) is 2.22. The number of hydrogen-bond acceptors (Lipinski definition) is 0. The van der Waals surface area contributed by atoms with Gasteiger partial charge in [0, 0.05) is 0 Å². The molecule has 0 amide bonds. The molecule has 0 fully saturated rings. The van der Waals surface area contributed by atoms with Crippen LogP contribution in [-0.4, -0.2) is 0 Å². The van der Waals surface area contributed by atoms with Gasteiger partial charge >= 0.3 is 0 Å². The molecule has 0 aliphatic rings. The fraction of sp³-hybridized carbons (Fsp3) is 0.412. The van der Waals surface area contributed by atoms with Gasteiger partial charge in [-0.05, 0) is 40.7 Å². The lowest BCUT2D eigenvalue weighted by Gasteiger charge is -2.17. The lowest BCUT2D eigenvalue weighted by molar-refractivity contribution is 0.853. The van der Waals surface area contributed by atoms with Crippen molar-refractivity contribution in [3.63, 3.8) is 0 Å². The van der Waals surface area contributed by atoms with Gasteiger partial charge in [0.15, 0.2) is 0 Å². The highest BCUT2D eigenvalue weighted by atomic mass is 14.2. The first kappa shape index (κ1) is 12.2. The van der Waals surface area contributed by atoms with Gasteiger partial charge in [0.25, 0.3) is 0 Å². The van der Waals surface area contributed by atoms with Crippen LogP contribution in [0, 0.1) is 6.92 Å². The molecule has 0 N–H and O–H groups in total. The van der Waals surface area contributed by atoms with Crippen molar-refractivity contribution in [2.75, 3.05) is 0 Å². The van der Waals surface area contributed by atoms with E-state index in [-0.39, 0.29) is 0 Å². The highest BCUT2D eigenvalue weighted by molar-refractivity contribution is 5.90. The van der Waals surface area contributed by atoms with Crippen LogP contribution in [0.4, 0.5) is 0 Å². The summed E-state index contributed by atoms with van der Waals surface area (Å²) in [5.41, 5.74) is 4.33. The Bertz CT molecular complexity index is 533. The lowest BCUT2D eigenvalue weighted by atomic mass is 9.87. The van der Waals surface area contributed by atoms with Crippen LogP contribution >= 0.6 is 0 Å². The molecule has 0 heteroatoms. The highest BCUT2D eigenvalue weighted by Crippen LogP contribution is 2.33. The summed E-state index contributed by atoms with van der Waals surface area (Å²) in [5, 5.41) is 2.86.